The van der Waals surface area contributed by atoms with Crippen LogP contribution < -0.4 is 5.32 Å². The fourth-order valence-corrected chi connectivity index (χ4v) is 2.14. The number of nitrogens with one attached hydrogen (secondary N) is 1. The van der Waals surface area contributed by atoms with Gasteiger partial charge in [-0.2, -0.15) is 0 Å². The number of ether oxygens (including phenoxy) is 1. The maximum Gasteiger partial charge on any atom is 0.338 e. The molecular formula is C18H16ClNO3. The van der Waals surface area contributed by atoms with Crippen LogP contribution in [0.5, 0.6) is 0 Å². The summed E-state index contributed by atoms with van der Waals surface area (Å²) in [5.74, 6) is -0.659. The highest BCUT2D eigenvalue weighted by atomic mass is 35.5. The van der Waals surface area contributed by atoms with E-state index in [1.54, 1.807) is 43.3 Å². The predicted molar refractivity (Wildman–Crippen MR) is 91.6 cm³/mol. The molecular weight excluding hydrogens is 314 g/mol. The molecule has 2 aromatic carbocycles. The van der Waals surface area contributed by atoms with Gasteiger partial charge >= 0.3 is 5.97 Å². The standard InChI is InChI=1S/C18H16ClNO3/c1-12-11-15(8-9-16(12)18(22)23-2)20-17(21)10-5-13-3-6-14(19)7-4-13/h3-11H,1-2H3,(H,20,21)/b10-5+. The van der Waals surface area contributed by atoms with Crippen LogP contribution >= 0.6 is 11.6 Å². The molecule has 0 fully saturated rings. The summed E-state index contributed by atoms with van der Waals surface area (Å²) in [7, 11) is 1.33. The van der Waals surface area contributed by atoms with Crippen molar-refractivity contribution in [3.05, 3.63) is 70.3 Å². The highest BCUT2D eigenvalue weighted by Gasteiger charge is 2.09. The van der Waals surface area contributed by atoms with Crippen LogP contribution in [-0.4, -0.2) is 19.0 Å². The maximum atomic E-state index is 11.9. The summed E-state index contributed by atoms with van der Waals surface area (Å²) in [6, 6.07) is 12.2. The Morgan fingerprint density at radius 3 is 2.43 bits per heavy atom. The number of hydrogen-bond acceptors (Lipinski definition) is 3. The molecule has 1 N–H and O–H groups in total. The second kappa shape index (κ2) is 7.61. The van der Waals surface area contributed by atoms with Crippen LogP contribution in [0.3, 0.4) is 0 Å². The van der Waals surface area contributed by atoms with Crippen molar-refractivity contribution in [1.82, 2.24) is 0 Å². The average molecular weight is 330 g/mol. The Bertz CT molecular complexity index is 751. The van der Waals surface area contributed by atoms with Gasteiger partial charge < -0.3 is 10.1 Å². The van der Waals surface area contributed by atoms with Crippen LogP contribution in [0.1, 0.15) is 21.5 Å². The number of rotatable bonds is 4. The normalized spacial score (nSPS) is 10.6. The zero-order valence-electron chi connectivity index (χ0n) is 12.8. The number of halogens is 1. The van der Waals surface area contributed by atoms with Crippen molar-refractivity contribution in [1.29, 1.82) is 0 Å². The minimum absolute atomic E-state index is 0.259. The lowest BCUT2D eigenvalue weighted by Crippen LogP contribution is -2.09. The first-order valence-electron chi connectivity index (χ1n) is 6.93. The quantitative estimate of drug-likeness (QED) is 0.679. The molecule has 0 aromatic heterocycles. The molecule has 23 heavy (non-hydrogen) atoms. The summed E-state index contributed by atoms with van der Waals surface area (Å²) < 4.78 is 4.69. The predicted octanol–water partition coefficient (Wildman–Crippen LogP) is 4.09. The maximum absolute atomic E-state index is 11.9. The largest absolute Gasteiger partial charge is 0.465 e. The first-order chi connectivity index (χ1) is 11.0. The van der Waals surface area contributed by atoms with Gasteiger partial charge in [0, 0.05) is 16.8 Å². The Morgan fingerprint density at radius 2 is 1.83 bits per heavy atom. The number of carbonyl (C=O) groups is 2. The molecule has 0 aliphatic carbocycles. The van der Waals surface area contributed by atoms with Crippen LogP contribution in [0.15, 0.2) is 48.5 Å². The third-order valence-corrected chi connectivity index (χ3v) is 3.45. The van der Waals surface area contributed by atoms with Crippen LogP contribution in [-0.2, 0) is 9.53 Å². The van der Waals surface area contributed by atoms with Crippen molar-refractivity contribution in [3.8, 4) is 0 Å². The Labute approximate surface area is 139 Å². The van der Waals surface area contributed by atoms with Gasteiger partial charge in [0.15, 0.2) is 0 Å². The summed E-state index contributed by atoms with van der Waals surface area (Å²) in [6.45, 7) is 1.78. The summed E-state index contributed by atoms with van der Waals surface area (Å²) in [5, 5.41) is 3.39. The third-order valence-electron chi connectivity index (χ3n) is 3.20. The molecule has 4 nitrogen and oxygen atoms in total. The molecule has 0 aliphatic heterocycles. The lowest BCUT2D eigenvalue weighted by Gasteiger charge is -2.07. The molecule has 0 unspecified atom stereocenters. The zero-order valence-corrected chi connectivity index (χ0v) is 13.6. The van der Waals surface area contributed by atoms with Crippen molar-refractivity contribution >= 4 is 35.2 Å². The van der Waals surface area contributed by atoms with E-state index in [2.05, 4.69) is 10.1 Å². The van der Waals surface area contributed by atoms with Gasteiger partial charge in [0.1, 0.15) is 0 Å². The second-order valence-corrected chi connectivity index (χ2v) is 5.33. The minimum atomic E-state index is -0.400. The lowest BCUT2D eigenvalue weighted by atomic mass is 10.1. The molecule has 0 spiro atoms. The summed E-state index contributed by atoms with van der Waals surface area (Å²) >= 11 is 5.81. The molecule has 0 saturated carbocycles. The number of aryl methyl sites for hydroxylation is 1. The van der Waals surface area contributed by atoms with Crippen LogP contribution in [0, 0.1) is 6.92 Å². The zero-order chi connectivity index (χ0) is 16.8. The van der Waals surface area contributed by atoms with Crippen molar-refractivity contribution in [2.24, 2.45) is 0 Å². The summed E-state index contributed by atoms with van der Waals surface area (Å²) in [4.78, 5) is 23.4. The fourth-order valence-electron chi connectivity index (χ4n) is 2.01. The molecule has 118 valence electrons. The van der Waals surface area contributed by atoms with Crippen LogP contribution in [0.2, 0.25) is 5.02 Å². The second-order valence-electron chi connectivity index (χ2n) is 4.90. The van der Waals surface area contributed by atoms with Gasteiger partial charge in [-0.15, -0.1) is 0 Å². The van der Waals surface area contributed by atoms with Crippen LogP contribution in [0.25, 0.3) is 6.08 Å². The number of esters is 1. The van der Waals surface area contributed by atoms with Crippen molar-refractivity contribution in [3.63, 3.8) is 0 Å². The van der Waals surface area contributed by atoms with Gasteiger partial charge in [0.05, 0.1) is 12.7 Å². The number of carbonyl (C=O) groups excluding carboxylic acids is 2. The molecule has 0 atom stereocenters. The topological polar surface area (TPSA) is 55.4 Å². The van der Waals surface area contributed by atoms with E-state index < -0.39 is 5.97 Å². The van der Waals surface area contributed by atoms with Gasteiger partial charge in [-0.3, -0.25) is 4.79 Å². The molecule has 0 aliphatic rings. The van der Waals surface area contributed by atoms with E-state index in [9.17, 15) is 9.59 Å². The van der Waals surface area contributed by atoms with E-state index in [4.69, 9.17) is 11.6 Å². The van der Waals surface area contributed by atoms with E-state index >= 15 is 0 Å². The van der Waals surface area contributed by atoms with Gasteiger partial charge in [0.25, 0.3) is 0 Å². The van der Waals surface area contributed by atoms with Gasteiger partial charge in [-0.05, 0) is 54.5 Å². The number of anilines is 1. The van der Waals surface area contributed by atoms with E-state index in [0.29, 0.717) is 16.3 Å². The Balaban J connectivity index is 2.04. The van der Waals surface area contributed by atoms with Gasteiger partial charge in [-0.1, -0.05) is 23.7 Å². The first kappa shape index (κ1) is 16.8. The molecule has 0 bridgehead atoms. The molecule has 0 saturated heterocycles. The van der Waals surface area contributed by atoms with E-state index in [1.165, 1.54) is 13.2 Å². The molecule has 2 aromatic rings. The summed E-state index contributed by atoms with van der Waals surface area (Å²) in [5.41, 5.74) is 2.70. The van der Waals surface area contributed by atoms with Crippen LogP contribution in [0.4, 0.5) is 5.69 Å². The number of benzene rings is 2. The molecule has 0 heterocycles. The minimum Gasteiger partial charge on any atom is -0.465 e. The van der Waals surface area contributed by atoms with E-state index in [0.717, 1.165) is 11.1 Å². The Kier molecular flexibility index (Phi) is 5.55. The number of amides is 1. The first-order valence-corrected chi connectivity index (χ1v) is 7.31. The molecule has 5 heteroatoms. The molecule has 1 amide bonds. The number of hydrogen-bond donors (Lipinski definition) is 1. The van der Waals surface area contributed by atoms with E-state index in [1.807, 2.05) is 12.1 Å². The third kappa shape index (κ3) is 4.69. The summed E-state index contributed by atoms with van der Waals surface area (Å²) in [6.07, 6.45) is 3.13. The monoisotopic (exact) mass is 329 g/mol. The van der Waals surface area contributed by atoms with Crippen molar-refractivity contribution in [2.45, 2.75) is 6.92 Å². The lowest BCUT2D eigenvalue weighted by molar-refractivity contribution is -0.111. The SMILES string of the molecule is COC(=O)c1ccc(NC(=O)/C=C/c2ccc(Cl)cc2)cc1C. The smallest absolute Gasteiger partial charge is 0.338 e. The Hall–Kier alpha value is -2.59. The Morgan fingerprint density at radius 1 is 1.13 bits per heavy atom. The van der Waals surface area contributed by atoms with Gasteiger partial charge in [0.2, 0.25) is 5.91 Å². The van der Waals surface area contributed by atoms with Crippen molar-refractivity contribution in [2.75, 3.05) is 12.4 Å². The van der Waals surface area contributed by atoms with E-state index in [-0.39, 0.29) is 5.91 Å². The van der Waals surface area contributed by atoms with Gasteiger partial charge in [-0.25, -0.2) is 4.79 Å². The fraction of sp³-hybridized carbons (Fsp3) is 0.111. The molecule has 0 radical (unpaired) electrons. The average Bonchev–Trinajstić information content (AvgIpc) is 2.54. The highest BCUT2D eigenvalue weighted by Crippen LogP contribution is 2.16. The number of methoxy groups -OCH3 is 1. The molecule has 2 rings (SSSR count). The van der Waals surface area contributed by atoms with Crippen molar-refractivity contribution < 1.29 is 14.3 Å². The highest BCUT2D eigenvalue weighted by molar-refractivity contribution is 6.30.